The number of ether oxygens (including phenoxy) is 1. The van der Waals surface area contributed by atoms with Crippen molar-refractivity contribution in [2.24, 2.45) is 11.7 Å². The lowest BCUT2D eigenvalue weighted by atomic mass is 9.82. The van der Waals surface area contributed by atoms with Gasteiger partial charge in [-0.3, -0.25) is 4.79 Å². The lowest BCUT2D eigenvalue weighted by molar-refractivity contribution is -0.125. The van der Waals surface area contributed by atoms with Crippen LogP contribution < -0.4 is 11.1 Å². The molecule has 2 fully saturated rings. The predicted molar refractivity (Wildman–Crippen MR) is 93.5 cm³/mol. The van der Waals surface area contributed by atoms with Crippen molar-refractivity contribution in [1.82, 2.24) is 5.32 Å². The van der Waals surface area contributed by atoms with Gasteiger partial charge in [0.25, 0.3) is 0 Å². The number of nitrogens with two attached hydrogens (primary N) is 1. The van der Waals surface area contributed by atoms with Crippen LogP contribution in [0, 0.1) is 11.7 Å². The minimum absolute atomic E-state index is 0. The van der Waals surface area contributed by atoms with E-state index in [1.54, 1.807) is 6.07 Å². The van der Waals surface area contributed by atoms with E-state index >= 15 is 0 Å². The molecule has 1 aromatic rings. The van der Waals surface area contributed by atoms with Crippen LogP contribution in [0.15, 0.2) is 24.3 Å². The van der Waals surface area contributed by atoms with Crippen molar-refractivity contribution in [3.63, 3.8) is 0 Å². The molecule has 1 amide bonds. The van der Waals surface area contributed by atoms with E-state index in [1.165, 1.54) is 12.1 Å². The Labute approximate surface area is 148 Å². The van der Waals surface area contributed by atoms with Gasteiger partial charge in [0.05, 0.1) is 5.54 Å². The lowest BCUT2D eigenvalue weighted by Crippen LogP contribution is -2.50. The summed E-state index contributed by atoms with van der Waals surface area (Å²) in [6.45, 7) is 1.14. The Hall–Kier alpha value is -1.17. The first-order chi connectivity index (χ1) is 11.1. The second-order valence-corrected chi connectivity index (χ2v) is 6.81. The van der Waals surface area contributed by atoms with Gasteiger partial charge in [0, 0.05) is 25.7 Å². The third-order valence-electron chi connectivity index (χ3n) is 5.27. The van der Waals surface area contributed by atoms with Gasteiger partial charge in [-0.2, -0.15) is 0 Å². The first-order valence-corrected chi connectivity index (χ1v) is 8.49. The van der Waals surface area contributed by atoms with Crippen molar-refractivity contribution < 1.29 is 13.9 Å². The SMILES string of the molecule is Cl.N[C@@H]1CCC[C@H]1CC(=O)NC1(c2cccc(F)c2)CCOCC1. The zero-order valence-corrected chi connectivity index (χ0v) is 14.6. The molecule has 2 atom stereocenters. The smallest absolute Gasteiger partial charge is 0.221 e. The lowest BCUT2D eigenvalue weighted by Gasteiger charge is -2.39. The molecule has 1 aliphatic heterocycles. The Morgan fingerprint density at radius 3 is 2.71 bits per heavy atom. The van der Waals surface area contributed by atoms with Crippen molar-refractivity contribution >= 4 is 18.3 Å². The topological polar surface area (TPSA) is 64.4 Å². The average Bonchev–Trinajstić information content (AvgIpc) is 2.93. The standard InChI is InChI=1S/C18H25FN2O2.ClH/c19-15-5-2-4-14(12-15)18(7-9-23-10-8-18)21-17(22)11-13-3-1-6-16(13)20;/h2,4-5,12-13,16H,1,3,6-11,20H2,(H,21,22);1H/t13-,16+;/m0./s1. The molecule has 4 nitrogen and oxygen atoms in total. The van der Waals surface area contributed by atoms with Crippen LogP contribution in [0.5, 0.6) is 0 Å². The average molecular weight is 357 g/mol. The molecular weight excluding hydrogens is 331 g/mol. The number of nitrogens with one attached hydrogen (secondary N) is 1. The maximum absolute atomic E-state index is 13.6. The highest BCUT2D eigenvalue weighted by atomic mass is 35.5. The van der Waals surface area contributed by atoms with Crippen LogP contribution >= 0.6 is 12.4 Å². The van der Waals surface area contributed by atoms with Crippen LogP contribution in [0.4, 0.5) is 4.39 Å². The quantitative estimate of drug-likeness (QED) is 0.871. The third-order valence-corrected chi connectivity index (χ3v) is 5.27. The molecule has 1 saturated carbocycles. The monoisotopic (exact) mass is 356 g/mol. The summed E-state index contributed by atoms with van der Waals surface area (Å²) in [6.07, 6.45) is 4.91. The Kier molecular flexibility index (Phi) is 6.61. The molecule has 0 bridgehead atoms. The Morgan fingerprint density at radius 2 is 2.08 bits per heavy atom. The van der Waals surface area contributed by atoms with Gasteiger partial charge >= 0.3 is 0 Å². The van der Waals surface area contributed by atoms with Gasteiger partial charge in [0.2, 0.25) is 5.91 Å². The van der Waals surface area contributed by atoms with E-state index in [4.69, 9.17) is 10.5 Å². The first-order valence-electron chi connectivity index (χ1n) is 8.49. The number of rotatable bonds is 4. The molecule has 1 saturated heterocycles. The van der Waals surface area contributed by atoms with Gasteiger partial charge in [-0.15, -0.1) is 12.4 Å². The Bertz CT molecular complexity index is 564. The second kappa shape index (κ2) is 8.28. The minimum atomic E-state index is -0.528. The van der Waals surface area contributed by atoms with E-state index in [0.29, 0.717) is 32.5 Å². The molecule has 0 radical (unpaired) electrons. The summed E-state index contributed by atoms with van der Waals surface area (Å²) in [6, 6.07) is 6.65. The van der Waals surface area contributed by atoms with E-state index in [1.807, 2.05) is 6.07 Å². The third kappa shape index (κ3) is 4.26. The second-order valence-electron chi connectivity index (χ2n) is 6.81. The van der Waals surface area contributed by atoms with Crippen LogP contribution in [0.1, 0.15) is 44.1 Å². The molecule has 2 aliphatic rings. The first kappa shape index (κ1) is 19.2. The number of carbonyl (C=O) groups excluding carboxylic acids is 1. The summed E-state index contributed by atoms with van der Waals surface area (Å²) in [5.41, 5.74) is 6.37. The van der Waals surface area contributed by atoms with Crippen LogP contribution in [0.25, 0.3) is 0 Å². The van der Waals surface area contributed by atoms with E-state index in [0.717, 1.165) is 24.8 Å². The summed E-state index contributed by atoms with van der Waals surface area (Å²) in [7, 11) is 0. The maximum Gasteiger partial charge on any atom is 0.221 e. The largest absolute Gasteiger partial charge is 0.381 e. The van der Waals surface area contributed by atoms with Crippen molar-refractivity contribution in [2.45, 2.75) is 50.1 Å². The molecule has 3 N–H and O–H groups in total. The fourth-order valence-corrected chi connectivity index (χ4v) is 3.87. The van der Waals surface area contributed by atoms with Crippen LogP contribution in [0.3, 0.4) is 0 Å². The molecule has 0 spiro atoms. The zero-order chi connectivity index (χ0) is 16.3. The van der Waals surface area contributed by atoms with Crippen molar-refractivity contribution in [3.05, 3.63) is 35.6 Å². The van der Waals surface area contributed by atoms with Gasteiger partial charge < -0.3 is 15.8 Å². The van der Waals surface area contributed by atoms with E-state index in [2.05, 4.69) is 5.32 Å². The summed E-state index contributed by atoms with van der Waals surface area (Å²) < 4.78 is 19.1. The molecule has 24 heavy (non-hydrogen) atoms. The highest BCUT2D eigenvalue weighted by Gasteiger charge is 2.37. The summed E-state index contributed by atoms with van der Waals surface area (Å²) in [5.74, 6) is -0.00153. The number of amides is 1. The molecule has 0 unspecified atom stereocenters. The Morgan fingerprint density at radius 1 is 1.33 bits per heavy atom. The molecule has 1 aliphatic carbocycles. The fourth-order valence-electron chi connectivity index (χ4n) is 3.87. The van der Waals surface area contributed by atoms with Gasteiger partial charge in [0.15, 0.2) is 0 Å². The van der Waals surface area contributed by atoms with Gasteiger partial charge in [-0.1, -0.05) is 18.6 Å². The zero-order valence-electron chi connectivity index (χ0n) is 13.8. The number of carbonyl (C=O) groups is 1. The molecule has 3 rings (SSSR count). The molecule has 1 heterocycles. The Balaban J connectivity index is 0.00000208. The molecule has 6 heteroatoms. The molecule has 1 aromatic carbocycles. The van der Waals surface area contributed by atoms with Crippen LogP contribution in [0.2, 0.25) is 0 Å². The fraction of sp³-hybridized carbons (Fsp3) is 0.611. The summed E-state index contributed by atoms with van der Waals surface area (Å²) >= 11 is 0. The molecule has 134 valence electrons. The number of halogens is 2. The maximum atomic E-state index is 13.6. The predicted octanol–water partition coefficient (Wildman–Crippen LogP) is 2.89. The van der Waals surface area contributed by atoms with E-state index in [-0.39, 0.29) is 36.1 Å². The number of benzene rings is 1. The van der Waals surface area contributed by atoms with Gasteiger partial charge in [0.1, 0.15) is 5.82 Å². The normalized spacial score (nSPS) is 25.8. The van der Waals surface area contributed by atoms with E-state index < -0.39 is 5.54 Å². The summed E-state index contributed by atoms with van der Waals surface area (Å²) in [5, 5.41) is 3.18. The van der Waals surface area contributed by atoms with Gasteiger partial charge in [-0.25, -0.2) is 4.39 Å². The molecule has 0 aromatic heterocycles. The highest BCUT2D eigenvalue weighted by Crippen LogP contribution is 2.33. The van der Waals surface area contributed by atoms with E-state index in [9.17, 15) is 9.18 Å². The van der Waals surface area contributed by atoms with Crippen molar-refractivity contribution in [1.29, 1.82) is 0 Å². The van der Waals surface area contributed by atoms with Crippen molar-refractivity contribution in [2.75, 3.05) is 13.2 Å². The van der Waals surface area contributed by atoms with Gasteiger partial charge in [-0.05, 0) is 49.3 Å². The number of hydrogen-bond donors (Lipinski definition) is 2. The number of hydrogen-bond acceptors (Lipinski definition) is 3. The highest BCUT2D eigenvalue weighted by molar-refractivity contribution is 5.85. The van der Waals surface area contributed by atoms with Crippen LogP contribution in [-0.2, 0) is 15.1 Å². The molecular formula is C18H26ClFN2O2. The van der Waals surface area contributed by atoms with Crippen molar-refractivity contribution in [3.8, 4) is 0 Å². The van der Waals surface area contributed by atoms with Crippen LogP contribution in [-0.4, -0.2) is 25.2 Å². The summed E-state index contributed by atoms with van der Waals surface area (Å²) in [4.78, 5) is 12.6. The minimum Gasteiger partial charge on any atom is -0.381 e.